The molecule has 6 nitrogen and oxygen atoms in total. The fraction of sp³-hybridized carbons (Fsp3) is 0.381. The van der Waals surface area contributed by atoms with Crippen molar-refractivity contribution in [3.63, 3.8) is 0 Å². The van der Waals surface area contributed by atoms with Crippen molar-refractivity contribution in [1.29, 1.82) is 0 Å². The molecule has 0 spiro atoms. The summed E-state index contributed by atoms with van der Waals surface area (Å²) in [6, 6.07) is 10.2. The van der Waals surface area contributed by atoms with Gasteiger partial charge in [0.1, 0.15) is 0 Å². The summed E-state index contributed by atoms with van der Waals surface area (Å²) >= 11 is 0. The average molecular weight is 364 g/mol. The fourth-order valence-corrected chi connectivity index (χ4v) is 3.81. The molecule has 3 aromatic rings. The molecule has 140 valence electrons. The van der Waals surface area contributed by atoms with Gasteiger partial charge in [-0.3, -0.25) is 14.5 Å². The van der Waals surface area contributed by atoms with Crippen LogP contribution >= 0.6 is 0 Å². The Labute approximate surface area is 158 Å². The third kappa shape index (κ3) is 3.45. The lowest BCUT2D eigenvalue weighted by atomic mass is 9.93. The van der Waals surface area contributed by atoms with E-state index in [2.05, 4.69) is 27.5 Å². The summed E-state index contributed by atoms with van der Waals surface area (Å²) in [6.07, 6.45) is 4.35. The number of hydrogen-bond acceptors (Lipinski definition) is 4. The van der Waals surface area contributed by atoms with E-state index in [1.54, 1.807) is 6.20 Å². The Kier molecular flexibility index (Phi) is 4.90. The number of carbonyl (C=O) groups excluding carboxylic acids is 1. The molecule has 1 aliphatic heterocycles. The van der Waals surface area contributed by atoms with Gasteiger partial charge in [-0.15, -0.1) is 0 Å². The molecule has 1 fully saturated rings. The van der Waals surface area contributed by atoms with E-state index in [9.17, 15) is 4.79 Å². The van der Waals surface area contributed by atoms with Crippen LogP contribution in [-0.2, 0) is 17.7 Å². The van der Waals surface area contributed by atoms with Crippen LogP contribution in [0.25, 0.3) is 10.9 Å². The van der Waals surface area contributed by atoms with Crippen molar-refractivity contribution < 1.29 is 9.53 Å². The van der Waals surface area contributed by atoms with Gasteiger partial charge in [-0.1, -0.05) is 18.2 Å². The van der Waals surface area contributed by atoms with E-state index in [4.69, 9.17) is 4.74 Å². The predicted octanol–water partition coefficient (Wildman–Crippen LogP) is 2.75. The molecule has 0 aliphatic carbocycles. The Balaban J connectivity index is 1.50. The summed E-state index contributed by atoms with van der Waals surface area (Å²) in [5.41, 5.74) is 3.77. The molecule has 0 bridgehead atoms. The Bertz CT molecular complexity index is 960. The van der Waals surface area contributed by atoms with Gasteiger partial charge in [-0.05, 0) is 38.0 Å². The molecule has 1 aliphatic rings. The first kappa shape index (κ1) is 17.7. The van der Waals surface area contributed by atoms with E-state index in [1.165, 1.54) is 5.56 Å². The van der Waals surface area contributed by atoms with Gasteiger partial charge in [0.05, 0.1) is 36.5 Å². The van der Waals surface area contributed by atoms with Crippen LogP contribution in [0, 0.1) is 12.8 Å². The number of fused-ring (bicyclic) bond motifs is 1. The van der Waals surface area contributed by atoms with Crippen molar-refractivity contribution in [2.24, 2.45) is 5.92 Å². The number of nitrogens with zero attached hydrogens (tertiary/aromatic N) is 3. The second-order valence-corrected chi connectivity index (χ2v) is 7.03. The van der Waals surface area contributed by atoms with E-state index < -0.39 is 0 Å². The van der Waals surface area contributed by atoms with Crippen LogP contribution in [0.5, 0.6) is 0 Å². The van der Waals surface area contributed by atoms with Crippen LogP contribution in [0.1, 0.15) is 28.5 Å². The summed E-state index contributed by atoms with van der Waals surface area (Å²) in [5.74, 6) is 0.161. The van der Waals surface area contributed by atoms with Gasteiger partial charge in [-0.25, -0.2) is 0 Å². The van der Waals surface area contributed by atoms with Crippen molar-refractivity contribution in [2.45, 2.75) is 32.9 Å². The Morgan fingerprint density at radius 3 is 2.96 bits per heavy atom. The van der Waals surface area contributed by atoms with Crippen molar-refractivity contribution >= 4 is 16.8 Å². The van der Waals surface area contributed by atoms with Crippen LogP contribution in [-0.4, -0.2) is 39.9 Å². The Morgan fingerprint density at radius 2 is 2.15 bits per heavy atom. The maximum Gasteiger partial charge on any atom is 0.255 e. The van der Waals surface area contributed by atoms with Gasteiger partial charge in [0.15, 0.2) is 0 Å². The number of aromatic nitrogens is 3. The van der Waals surface area contributed by atoms with E-state index in [0.29, 0.717) is 18.8 Å². The summed E-state index contributed by atoms with van der Waals surface area (Å²) in [5, 5.41) is 8.59. The molecule has 1 N–H and O–H groups in total. The zero-order valence-corrected chi connectivity index (χ0v) is 15.7. The summed E-state index contributed by atoms with van der Waals surface area (Å²) in [7, 11) is 0. The minimum atomic E-state index is -0.0766. The van der Waals surface area contributed by atoms with E-state index in [0.717, 1.165) is 29.6 Å². The minimum Gasteiger partial charge on any atom is -0.379 e. The maximum absolute atomic E-state index is 12.7. The highest BCUT2D eigenvalue weighted by Gasteiger charge is 2.31. The molecule has 1 aromatic carbocycles. The number of pyridine rings is 1. The number of nitrogens with one attached hydrogen (secondary N) is 1. The normalized spacial score (nSPS) is 19.5. The highest BCUT2D eigenvalue weighted by molar-refractivity contribution is 5.95. The zero-order chi connectivity index (χ0) is 18.8. The van der Waals surface area contributed by atoms with Gasteiger partial charge in [-0.2, -0.15) is 5.10 Å². The van der Waals surface area contributed by atoms with Gasteiger partial charge in [0, 0.05) is 29.7 Å². The number of amides is 1. The van der Waals surface area contributed by atoms with Crippen LogP contribution in [0.15, 0.2) is 42.7 Å². The van der Waals surface area contributed by atoms with Gasteiger partial charge >= 0.3 is 0 Å². The second kappa shape index (κ2) is 7.48. The summed E-state index contributed by atoms with van der Waals surface area (Å²) < 4.78 is 7.53. The number of carbonyl (C=O) groups is 1. The minimum absolute atomic E-state index is 0.00574. The number of benzene rings is 1. The van der Waals surface area contributed by atoms with Crippen molar-refractivity contribution in [1.82, 2.24) is 20.1 Å². The molecule has 2 aromatic heterocycles. The van der Waals surface area contributed by atoms with Crippen molar-refractivity contribution in [2.75, 3.05) is 13.2 Å². The molecule has 0 saturated carbocycles. The largest absolute Gasteiger partial charge is 0.379 e. The fourth-order valence-electron chi connectivity index (χ4n) is 3.81. The number of rotatable bonds is 5. The Morgan fingerprint density at radius 1 is 1.30 bits per heavy atom. The van der Waals surface area contributed by atoms with E-state index >= 15 is 0 Å². The monoisotopic (exact) mass is 364 g/mol. The molecular weight excluding hydrogens is 340 g/mol. The van der Waals surface area contributed by atoms with Gasteiger partial charge < -0.3 is 10.1 Å². The van der Waals surface area contributed by atoms with E-state index in [-0.39, 0.29) is 17.9 Å². The molecule has 2 atom stereocenters. The van der Waals surface area contributed by atoms with Gasteiger partial charge in [0.2, 0.25) is 0 Å². The standard InChI is InChI=1S/C21H24N4O2/c1-3-25-14(2)18(11-23-25)21(26)24-20-13-27-12-16(20)10-15-8-9-22-19-7-5-4-6-17(15)19/h4-9,11,16,20H,3,10,12-13H2,1-2H3,(H,24,26)/t16-,20+/m1/s1. The molecule has 27 heavy (non-hydrogen) atoms. The molecule has 1 amide bonds. The zero-order valence-electron chi connectivity index (χ0n) is 15.7. The lowest BCUT2D eigenvalue weighted by molar-refractivity contribution is 0.0924. The molecule has 1 saturated heterocycles. The van der Waals surface area contributed by atoms with Crippen LogP contribution in [0.3, 0.4) is 0 Å². The van der Waals surface area contributed by atoms with E-state index in [1.807, 2.05) is 42.9 Å². The molecule has 3 heterocycles. The highest BCUT2D eigenvalue weighted by atomic mass is 16.5. The first-order valence-electron chi connectivity index (χ1n) is 9.41. The molecule has 4 rings (SSSR count). The van der Waals surface area contributed by atoms with Crippen molar-refractivity contribution in [3.05, 3.63) is 59.5 Å². The number of ether oxygens (including phenoxy) is 1. The molecular formula is C21H24N4O2. The Hall–Kier alpha value is -2.73. The summed E-state index contributed by atoms with van der Waals surface area (Å²) in [6.45, 7) is 5.89. The quantitative estimate of drug-likeness (QED) is 0.756. The lowest BCUT2D eigenvalue weighted by Crippen LogP contribution is -2.40. The average Bonchev–Trinajstić information content (AvgIpc) is 3.28. The number of para-hydroxylation sites is 1. The predicted molar refractivity (Wildman–Crippen MR) is 104 cm³/mol. The van der Waals surface area contributed by atoms with Gasteiger partial charge in [0.25, 0.3) is 5.91 Å². The van der Waals surface area contributed by atoms with Crippen molar-refractivity contribution in [3.8, 4) is 0 Å². The molecule has 0 unspecified atom stereocenters. The number of hydrogen-bond donors (Lipinski definition) is 1. The SMILES string of the molecule is CCn1ncc(C(=O)N[C@H]2COC[C@H]2Cc2ccnc3ccccc23)c1C. The first-order valence-corrected chi connectivity index (χ1v) is 9.41. The third-order valence-electron chi connectivity index (χ3n) is 5.38. The van der Waals surface area contributed by atoms with Crippen LogP contribution in [0.4, 0.5) is 0 Å². The maximum atomic E-state index is 12.7. The summed E-state index contributed by atoms with van der Waals surface area (Å²) in [4.78, 5) is 17.2. The highest BCUT2D eigenvalue weighted by Crippen LogP contribution is 2.24. The lowest BCUT2D eigenvalue weighted by Gasteiger charge is -2.20. The molecule has 0 radical (unpaired) electrons. The van der Waals surface area contributed by atoms with Crippen LogP contribution in [0.2, 0.25) is 0 Å². The smallest absolute Gasteiger partial charge is 0.255 e. The second-order valence-electron chi connectivity index (χ2n) is 7.03. The first-order chi connectivity index (χ1) is 13.2. The van der Waals surface area contributed by atoms with Crippen LogP contribution < -0.4 is 5.32 Å². The number of aryl methyl sites for hydroxylation is 1. The third-order valence-corrected chi connectivity index (χ3v) is 5.38. The molecule has 6 heteroatoms. The topological polar surface area (TPSA) is 69.0 Å².